The molecular formula is C16H27NO4. The van der Waals surface area contributed by atoms with Crippen molar-refractivity contribution in [2.24, 2.45) is 4.99 Å². The minimum absolute atomic E-state index is 0.271. The number of aliphatic imine (C=N–C) groups is 1. The smallest absolute Gasteiger partial charge is 0.337 e. The third-order valence-electron chi connectivity index (χ3n) is 2.55. The number of carbonyl (C=O) groups excluding carboxylic acids is 1. The fourth-order valence-corrected chi connectivity index (χ4v) is 1.51. The summed E-state index contributed by atoms with van der Waals surface area (Å²) in [6.07, 6.45) is 4.22. The molecule has 0 rings (SSSR count). The van der Waals surface area contributed by atoms with Gasteiger partial charge in [0.15, 0.2) is 0 Å². The summed E-state index contributed by atoms with van der Waals surface area (Å²) >= 11 is 0. The van der Waals surface area contributed by atoms with Crippen molar-refractivity contribution in [3.05, 3.63) is 23.3 Å². The number of ether oxygens (including phenoxy) is 3. The van der Waals surface area contributed by atoms with Crippen LogP contribution in [0.25, 0.3) is 0 Å². The Morgan fingerprint density at radius 2 is 1.81 bits per heavy atom. The van der Waals surface area contributed by atoms with E-state index in [1.54, 1.807) is 13.1 Å². The maximum absolute atomic E-state index is 12.0. The highest BCUT2D eigenvalue weighted by Crippen LogP contribution is 2.18. The highest BCUT2D eigenvalue weighted by atomic mass is 16.5. The van der Waals surface area contributed by atoms with Gasteiger partial charge in [0.1, 0.15) is 0 Å². The molecule has 120 valence electrons. The molecule has 0 bridgehead atoms. The summed E-state index contributed by atoms with van der Waals surface area (Å²) in [5.41, 5.74) is 0.840. The lowest BCUT2D eigenvalue weighted by molar-refractivity contribution is -0.136. The van der Waals surface area contributed by atoms with E-state index < -0.39 is 5.97 Å². The van der Waals surface area contributed by atoms with Crippen molar-refractivity contribution in [3.8, 4) is 0 Å². The number of nitrogens with zero attached hydrogens (tertiary/aromatic N) is 1. The van der Waals surface area contributed by atoms with Crippen LogP contribution in [0.15, 0.2) is 28.3 Å². The second-order valence-corrected chi connectivity index (χ2v) is 5.35. The van der Waals surface area contributed by atoms with E-state index in [4.69, 9.17) is 14.2 Å². The largest absolute Gasteiger partial charge is 0.481 e. The van der Waals surface area contributed by atoms with Crippen LogP contribution in [0.2, 0.25) is 0 Å². The summed E-state index contributed by atoms with van der Waals surface area (Å²) in [6.45, 7) is 8.09. The predicted octanol–water partition coefficient (Wildman–Crippen LogP) is 2.91. The summed E-state index contributed by atoms with van der Waals surface area (Å²) in [5, 5.41) is 0. The van der Waals surface area contributed by atoms with E-state index in [-0.39, 0.29) is 12.2 Å². The van der Waals surface area contributed by atoms with Crippen molar-refractivity contribution in [2.45, 2.75) is 39.7 Å². The molecule has 0 spiro atoms. The van der Waals surface area contributed by atoms with E-state index in [2.05, 4.69) is 4.99 Å². The zero-order valence-corrected chi connectivity index (χ0v) is 14.1. The monoisotopic (exact) mass is 297 g/mol. The van der Waals surface area contributed by atoms with Gasteiger partial charge in [-0.1, -0.05) is 13.0 Å². The van der Waals surface area contributed by atoms with E-state index in [9.17, 15) is 4.79 Å². The van der Waals surface area contributed by atoms with Gasteiger partial charge < -0.3 is 14.2 Å². The third-order valence-corrected chi connectivity index (χ3v) is 2.55. The van der Waals surface area contributed by atoms with Gasteiger partial charge in [0.05, 0.1) is 32.0 Å². The summed E-state index contributed by atoms with van der Waals surface area (Å²) in [4.78, 5) is 16.0. The normalized spacial score (nSPS) is 14.1. The molecule has 5 heteroatoms. The fourth-order valence-electron chi connectivity index (χ4n) is 1.51. The summed E-state index contributed by atoms with van der Waals surface area (Å²) in [6, 6.07) is 0. The maximum Gasteiger partial charge on any atom is 0.337 e. The van der Waals surface area contributed by atoms with Gasteiger partial charge in [-0.3, -0.25) is 4.99 Å². The molecule has 0 aromatic heterocycles. The summed E-state index contributed by atoms with van der Waals surface area (Å²) < 4.78 is 15.8. The van der Waals surface area contributed by atoms with Gasteiger partial charge in [-0.15, -0.1) is 0 Å². The Morgan fingerprint density at radius 1 is 1.19 bits per heavy atom. The first-order valence-corrected chi connectivity index (χ1v) is 6.93. The molecule has 0 heterocycles. The molecular weight excluding hydrogens is 270 g/mol. The Balaban J connectivity index is 5.56. The molecule has 21 heavy (non-hydrogen) atoms. The van der Waals surface area contributed by atoms with Crippen molar-refractivity contribution in [2.75, 3.05) is 27.9 Å². The number of methoxy groups -OCH3 is 2. The van der Waals surface area contributed by atoms with Crippen LogP contribution in [0.3, 0.4) is 0 Å². The van der Waals surface area contributed by atoms with Gasteiger partial charge in [-0.2, -0.15) is 0 Å². The van der Waals surface area contributed by atoms with Crippen molar-refractivity contribution in [1.29, 1.82) is 0 Å². The molecule has 0 aliphatic rings. The van der Waals surface area contributed by atoms with Gasteiger partial charge in [0, 0.05) is 13.1 Å². The Kier molecular flexibility index (Phi) is 8.62. The minimum atomic E-state index is -0.396. The molecule has 0 saturated carbocycles. The van der Waals surface area contributed by atoms with Crippen LogP contribution in [0.4, 0.5) is 0 Å². The fraction of sp³-hybridized carbons (Fsp3) is 0.625. The van der Waals surface area contributed by atoms with Crippen molar-refractivity contribution >= 4 is 11.9 Å². The van der Waals surface area contributed by atoms with Crippen LogP contribution in [-0.4, -0.2) is 45.3 Å². The molecule has 0 aliphatic carbocycles. The number of hydrogen-bond acceptors (Lipinski definition) is 5. The summed E-state index contributed by atoms with van der Waals surface area (Å²) in [5.74, 6) is 0.0283. The van der Waals surface area contributed by atoms with E-state index in [1.165, 1.54) is 14.2 Å². The number of esters is 1. The van der Waals surface area contributed by atoms with E-state index in [0.29, 0.717) is 23.5 Å². The quantitative estimate of drug-likeness (QED) is 0.249. The second kappa shape index (κ2) is 9.34. The molecule has 0 unspecified atom stereocenters. The maximum atomic E-state index is 12.0. The van der Waals surface area contributed by atoms with Gasteiger partial charge in [0.25, 0.3) is 0 Å². The molecule has 0 aromatic carbocycles. The highest BCUT2D eigenvalue weighted by Gasteiger charge is 2.19. The van der Waals surface area contributed by atoms with Crippen LogP contribution < -0.4 is 0 Å². The first-order chi connectivity index (χ1) is 9.78. The van der Waals surface area contributed by atoms with Crippen molar-refractivity contribution in [1.82, 2.24) is 0 Å². The van der Waals surface area contributed by atoms with Crippen LogP contribution in [0.5, 0.6) is 0 Å². The third kappa shape index (κ3) is 7.66. The standard InChI is InChI=1S/C16H27NO4/c1-8-9-13(15(18)20-7)12(10-14(17-5)19-6)11-21-16(2,3)4/h9-10H,8,11H2,1-7H3/b12-10-,13-9-,17-14?. The molecule has 0 saturated heterocycles. The lowest BCUT2D eigenvalue weighted by Gasteiger charge is -2.21. The second-order valence-electron chi connectivity index (χ2n) is 5.35. The van der Waals surface area contributed by atoms with Crippen molar-refractivity contribution in [3.63, 3.8) is 0 Å². The number of carbonyl (C=O) groups is 1. The first kappa shape index (κ1) is 19.4. The zero-order valence-electron chi connectivity index (χ0n) is 14.1. The Bertz CT molecular complexity index is 428. The van der Waals surface area contributed by atoms with Gasteiger partial charge in [0.2, 0.25) is 5.90 Å². The van der Waals surface area contributed by atoms with E-state index >= 15 is 0 Å². The first-order valence-electron chi connectivity index (χ1n) is 6.93. The predicted molar refractivity (Wildman–Crippen MR) is 84.5 cm³/mol. The van der Waals surface area contributed by atoms with Gasteiger partial charge in [-0.05, 0) is 32.8 Å². The SMILES string of the molecule is CC/C=C(C(=O)OC)/C(=C\C(=NC)OC)COC(C)(C)C. The van der Waals surface area contributed by atoms with Gasteiger partial charge in [-0.25, -0.2) is 4.79 Å². The lowest BCUT2D eigenvalue weighted by Crippen LogP contribution is -2.23. The molecule has 0 aliphatic heterocycles. The van der Waals surface area contributed by atoms with E-state index in [0.717, 1.165) is 0 Å². The number of rotatable bonds is 6. The highest BCUT2D eigenvalue weighted by molar-refractivity contribution is 5.97. The van der Waals surface area contributed by atoms with Crippen molar-refractivity contribution < 1.29 is 19.0 Å². The van der Waals surface area contributed by atoms with Crippen LogP contribution >= 0.6 is 0 Å². The van der Waals surface area contributed by atoms with E-state index in [1.807, 2.05) is 33.8 Å². The molecule has 0 aromatic rings. The van der Waals surface area contributed by atoms with Crippen LogP contribution in [0, 0.1) is 0 Å². The average molecular weight is 297 g/mol. The topological polar surface area (TPSA) is 57.1 Å². The zero-order chi connectivity index (χ0) is 16.5. The van der Waals surface area contributed by atoms with Crippen LogP contribution in [0.1, 0.15) is 34.1 Å². The molecule has 0 atom stereocenters. The van der Waals surface area contributed by atoms with Gasteiger partial charge >= 0.3 is 5.97 Å². The Labute approximate surface area is 127 Å². The Morgan fingerprint density at radius 3 is 2.19 bits per heavy atom. The molecule has 0 N–H and O–H groups in total. The summed E-state index contributed by atoms with van der Waals surface area (Å²) in [7, 11) is 4.51. The minimum Gasteiger partial charge on any atom is -0.481 e. The molecule has 5 nitrogen and oxygen atoms in total. The molecule has 0 fully saturated rings. The number of allylic oxidation sites excluding steroid dienone is 1. The molecule has 0 amide bonds. The lowest BCUT2D eigenvalue weighted by atomic mass is 10.0. The molecule has 0 radical (unpaired) electrons. The number of hydrogen-bond donors (Lipinski definition) is 0. The average Bonchev–Trinajstić information content (AvgIpc) is 2.44. The Hall–Kier alpha value is -1.62. The van der Waals surface area contributed by atoms with Crippen LogP contribution in [-0.2, 0) is 19.0 Å².